The van der Waals surface area contributed by atoms with Gasteiger partial charge in [-0.15, -0.1) is 0 Å². The lowest BCUT2D eigenvalue weighted by atomic mass is 10.2. The van der Waals surface area contributed by atoms with Gasteiger partial charge < -0.3 is 10.3 Å². The molecule has 0 bridgehead atoms. The summed E-state index contributed by atoms with van der Waals surface area (Å²) in [6.45, 7) is 0. The molecule has 100 valence electrons. The first-order valence-corrected chi connectivity index (χ1v) is 6.99. The number of halogens is 1. The third-order valence-electron chi connectivity index (χ3n) is 3.61. The summed E-state index contributed by atoms with van der Waals surface area (Å²) < 4.78 is 2.29. The van der Waals surface area contributed by atoms with Crippen molar-refractivity contribution in [2.24, 2.45) is 0 Å². The first-order chi connectivity index (χ1) is 9.72. The van der Waals surface area contributed by atoms with Crippen LogP contribution in [-0.4, -0.2) is 14.5 Å². The molecule has 1 aromatic carbocycles. The number of imidazole rings is 1. The quantitative estimate of drug-likeness (QED) is 0.781. The van der Waals surface area contributed by atoms with E-state index >= 15 is 0 Å². The molecule has 1 fully saturated rings. The first-order valence-electron chi connectivity index (χ1n) is 6.62. The second-order valence-electron chi connectivity index (χ2n) is 5.14. The largest absolute Gasteiger partial charge is 0.384 e. The number of benzene rings is 1. The molecular weight excluding hydrogens is 272 g/mol. The van der Waals surface area contributed by atoms with E-state index in [4.69, 9.17) is 22.3 Å². The highest BCUT2D eigenvalue weighted by molar-refractivity contribution is 6.31. The number of aromatic nitrogens is 3. The molecule has 0 unspecified atom stereocenters. The number of hydrogen-bond donors (Lipinski definition) is 1. The standard InChI is InChI=1S/C15H13ClN4/c16-10-2-5-13-12(7-10)19-15(20(13)11-3-4-11)9-1-6-14(17)18-8-9/h1-2,5-8,11H,3-4H2,(H2,17,18). The van der Waals surface area contributed by atoms with Crippen LogP contribution in [0.25, 0.3) is 22.4 Å². The summed E-state index contributed by atoms with van der Waals surface area (Å²) in [5, 5.41) is 0.708. The van der Waals surface area contributed by atoms with Gasteiger partial charge in [0.15, 0.2) is 0 Å². The van der Waals surface area contributed by atoms with Gasteiger partial charge in [-0.1, -0.05) is 11.6 Å². The van der Waals surface area contributed by atoms with Gasteiger partial charge in [-0.05, 0) is 43.2 Å². The summed E-state index contributed by atoms with van der Waals surface area (Å²) in [5.74, 6) is 1.46. The summed E-state index contributed by atoms with van der Waals surface area (Å²) in [7, 11) is 0. The van der Waals surface area contributed by atoms with Gasteiger partial charge in [-0.3, -0.25) is 0 Å². The van der Waals surface area contributed by atoms with E-state index < -0.39 is 0 Å². The van der Waals surface area contributed by atoms with Crippen molar-refractivity contribution in [2.75, 3.05) is 5.73 Å². The molecule has 4 nitrogen and oxygen atoms in total. The molecule has 4 rings (SSSR count). The molecule has 0 saturated heterocycles. The van der Waals surface area contributed by atoms with Crippen molar-refractivity contribution >= 4 is 28.5 Å². The Morgan fingerprint density at radius 3 is 2.75 bits per heavy atom. The molecule has 2 N–H and O–H groups in total. The molecule has 1 aliphatic rings. The molecule has 1 saturated carbocycles. The topological polar surface area (TPSA) is 56.7 Å². The molecule has 0 amide bonds. The Balaban J connectivity index is 1.97. The Morgan fingerprint density at radius 2 is 2.05 bits per heavy atom. The van der Waals surface area contributed by atoms with E-state index in [1.165, 1.54) is 12.8 Å². The first kappa shape index (κ1) is 11.7. The van der Waals surface area contributed by atoms with Crippen molar-refractivity contribution in [3.05, 3.63) is 41.6 Å². The molecule has 20 heavy (non-hydrogen) atoms. The van der Waals surface area contributed by atoms with E-state index in [1.807, 2.05) is 24.3 Å². The number of rotatable bonds is 2. The second-order valence-corrected chi connectivity index (χ2v) is 5.58. The fourth-order valence-electron chi connectivity index (χ4n) is 2.52. The van der Waals surface area contributed by atoms with Crippen LogP contribution in [0.3, 0.4) is 0 Å². The SMILES string of the molecule is Nc1ccc(-c2nc3cc(Cl)ccc3n2C2CC2)cn1. The van der Waals surface area contributed by atoms with Crippen molar-refractivity contribution in [2.45, 2.75) is 18.9 Å². The highest BCUT2D eigenvalue weighted by Gasteiger charge is 2.28. The molecule has 1 aliphatic carbocycles. The maximum absolute atomic E-state index is 6.06. The van der Waals surface area contributed by atoms with Crippen LogP contribution in [0.15, 0.2) is 36.5 Å². The molecular formula is C15H13ClN4. The van der Waals surface area contributed by atoms with Crippen LogP contribution in [0.4, 0.5) is 5.82 Å². The summed E-state index contributed by atoms with van der Waals surface area (Å²) >= 11 is 6.06. The number of anilines is 1. The third kappa shape index (κ3) is 1.84. The molecule has 2 heterocycles. The lowest BCUT2D eigenvalue weighted by Crippen LogP contribution is -1.98. The van der Waals surface area contributed by atoms with Gasteiger partial charge in [-0.25, -0.2) is 9.97 Å². The summed E-state index contributed by atoms with van der Waals surface area (Å²) in [4.78, 5) is 8.89. The van der Waals surface area contributed by atoms with Gasteiger partial charge >= 0.3 is 0 Å². The van der Waals surface area contributed by atoms with E-state index in [2.05, 4.69) is 9.55 Å². The average molecular weight is 285 g/mol. The van der Waals surface area contributed by atoms with Crippen LogP contribution in [0, 0.1) is 0 Å². The van der Waals surface area contributed by atoms with Crippen LogP contribution < -0.4 is 5.73 Å². The van der Waals surface area contributed by atoms with Gasteiger partial charge in [0.1, 0.15) is 11.6 Å². The van der Waals surface area contributed by atoms with E-state index in [0.29, 0.717) is 16.9 Å². The summed E-state index contributed by atoms with van der Waals surface area (Å²) in [6.07, 6.45) is 4.17. The molecule has 5 heteroatoms. The molecule has 0 radical (unpaired) electrons. The van der Waals surface area contributed by atoms with Gasteiger partial charge in [0.25, 0.3) is 0 Å². The predicted molar refractivity (Wildman–Crippen MR) is 80.7 cm³/mol. The molecule has 2 aromatic heterocycles. The minimum absolute atomic E-state index is 0.519. The normalized spacial score (nSPS) is 14.8. The number of nitrogens with two attached hydrogens (primary N) is 1. The highest BCUT2D eigenvalue weighted by Crippen LogP contribution is 2.41. The van der Waals surface area contributed by atoms with E-state index in [1.54, 1.807) is 12.3 Å². The summed E-state index contributed by atoms with van der Waals surface area (Å²) in [5.41, 5.74) is 8.69. The number of hydrogen-bond acceptors (Lipinski definition) is 3. The zero-order valence-electron chi connectivity index (χ0n) is 10.8. The lowest BCUT2D eigenvalue weighted by Gasteiger charge is -2.07. The molecule has 0 atom stereocenters. The van der Waals surface area contributed by atoms with Crippen LogP contribution in [0.1, 0.15) is 18.9 Å². The van der Waals surface area contributed by atoms with Crippen LogP contribution >= 0.6 is 11.6 Å². The predicted octanol–water partition coefficient (Wildman–Crippen LogP) is 3.67. The molecule has 3 aromatic rings. The number of pyridine rings is 1. The minimum Gasteiger partial charge on any atom is -0.384 e. The Kier molecular flexibility index (Phi) is 2.47. The smallest absolute Gasteiger partial charge is 0.142 e. The number of nitrogens with zero attached hydrogens (tertiary/aromatic N) is 3. The maximum atomic E-state index is 6.06. The fourth-order valence-corrected chi connectivity index (χ4v) is 2.68. The minimum atomic E-state index is 0.519. The van der Waals surface area contributed by atoms with Crippen LogP contribution in [0.5, 0.6) is 0 Å². The van der Waals surface area contributed by atoms with E-state index in [9.17, 15) is 0 Å². The van der Waals surface area contributed by atoms with Gasteiger partial charge in [-0.2, -0.15) is 0 Å². The lowest BCUT2D eigenvalue weighted by molar-refractivity contribution is 0.775. The average Bonchev–Trinajstić information content (AvgIpc) is 3.20. The van der Waals surface area contributed by atoms with Crippen LogP contribution in [-0.2, 0) is 0 Å². The fraction of sp³-hybridized carbons (Fsp3) is 0.200. The molecule has 0 aliphatic heterocycles. The second kappa shape index (κ2) is 4.21. The molecule has 0 spiro atoms. The highest BCUT2D eigenvalue weighted by atomic mass is 35.5. The van der Waals surface area contributed by atoms with Gasteiger partial charge in [0, 0.05) is 22.8 Å². The van der Waals surface area contributed by atoms with Crippen molar-refractivity contribution in [1.29, 1.82) is 0 Å². The zero-order chi connectivity index (χ0) is 13.7. The summed E-state index contributed by atoms with van der Waals surface area (Å²) in [6, 6.07) is 10.2. The van der Waals surface area contributed by atoms with E-state index in [0.717, 1.165) is 22.4 Å². The van der Waals surface area contributed by atoms with Gasteiger partial charge in [0.2, 0.25) is 0 Å². The van der Waals surface area contributed by atoms with Crippen molar-refractivity contribution in [1.82, 2.24) is 14.5 Å². The monoisotopic (exact) mass is 284 g/mol. The Morgan fingerprint density at radius 1 is 1.20 bits per heavy atom. The number of nitrogen functional groups attached to an aromatic ring is 1. The Bertz CT molecular complexity index is 787. The maximum Gasteiger partial charge on any atom is 0.142 e. The van der Waals surface area contributed by atoms with Crippen LogP contribution in [0.2, 0.25) is 5.02 Å². The van der Waals surface area contributed by atoms with Gasteiger partial charge in [0.05, 0.1) is 11.0 Å². The number of fused-ring (bicyclic) bond motifs is 1. The Labute approximate surface area is 121 Å². The Hall–Kier alpha value is -2.07. The van der Waals surface area contributed by atoms with Crippen molar-refractivity contribution in [3.63, 3.8) is 0 Å². The van der Waals surface area contributed by atoms with Crippen molar-refractivity contribution in [3.8, 4) is 11.4 Å². The van der Waals surface area contributed by atoms with Crippen molar-refractivity contribution < 1.29 is 0 Å². The van der Waals surface area contributed by atoms with E-state index in [-0.39, 0.29) is 0 Å². The third-order valence-corrected chi connectivity index (χ3v) is 3.84. The zero-order valence-corrected chi connectivity index (χ0v) is 11.5.